The van der Waals surface area contributed by atoms with Crippen molar-refractivity contribution in [3.05, 3.63) is 34.4 Å². The molecule has 0 radical (unpaired) electrons. The number of nitrogens with zero attached hydrogens (tertiary/aromatic N) is 1. The van der Waals surface area contributed by atoms with Gasteiger partial charge in [0.25, 0.3) is 5.09 Å². The van der Waals surface area contributed by atoms with E-state index in [4.69, 9.17) is 5.14 Å². The zero-order valence-electron chi connectivity index (χ0n) is 6.38. The minimum atomic E-state index is -1.79. The second-order valence-electron chi connectivity index (χ2n) is 2.06. The molecule has 1 rings (SSSR count). The SMILES string of the molecule is NS(=O)c1ccccc1O[N+](=O)[O-]. The Labute approximate surface area is 76.0 Å². The molecule has 0 spiro atoms. The van der Waals surface area contributed by atoms with Crippen molar-refractivity contribution in [2.75, 3.05) is 0 Å². The van der Waals surface area contributed by atoms with Crippen LogP contribution in [0.15, 0.2) is 29.2 Å². The van der Waals surface area contributed by atoms with Gasteiger partial charge in [-0.3, -0.25) is 4.84 Å². The van der Waals surface area contributed by atoms with Crippen molar-refractivity contribution in [1.82, 2.24) is 0 Å². The number of para-hydroxylation sites is 1. The summed E-state index contributed by atoms with van der Waals surface area (Å²) in [5.41, 5.74) is 0. The second kappa shape index (κ2) is 3.97. The molecule has 1 atom stereocenters. The second-order valence-corrected chi connectivity index (χ2v) is 3.09. The van der Waals surface area contributed by atoms with Crippen LogP contribution in [0.4, 0.5) is 0 Å². The molecule has 1 aromatic carbocycles. The average molecular weight is 202 g/mol. The van der Waals surface area contributed by atoms with E-state index in [0.29, 0.717) is 0 Å². The van der Waals surface area contributed by atoms with Gasteiger partial charge in [-0.1, -0.05) is 12.1 Å². The summed E-state index contributed by atoms with van der Waals surface area (Å²) in [7, 11) is -1.79. The molecule has 70 valence electrons. The van der Waals surface area contributed by atoms with Crippen molar-refractivity contribution in [2.45, 2.75) is 4.90 Å². The van der Waals surface area contributed by atoms with Gasteiger partial charge in [-0.15, -0.1) is 10.1 Å². The maximum atomic E-state index is 10.8. The van der Waals surface area contributed by atoms with Crippen LogP contribution in [0.2, 0.25) is 0 Å². The van der Waals surface area contributed by atoms with Gasteiger partial charge in [-0.05, 0) is 12.1 Å². The number of rotatable bonds is 3. The lowest BCUT2D eigenvalue weighted by Crippen LogP contribution is -2.09. The Kier molecular flexibility index (Phi) is 2.93. The molecule has 1 aromatic rings. The van der Waals surface area contributed by atoms with E-state index in [2.05, 4.69) is 4.84 Å². The first-order valence-corrected chi connectivity index (χ1v) is 4.40. The number of hydrogen-bond acceptors (Lipinski definition) is 4. The molecule has 0 saturated carbocycles. The highest BCUT2D eigenvalue weighted by atomic mass is 32.2. The van der Waals surface area contributed by atoms with Crippen molar-refractivity contribution in [1.29, 1.82) is 0 Å². The normalized spacial score (nSPS) is 12.1. The monoisotopic (exact) mass is 202 g/mol. The third kappa shape index (κ3) is 2.49. The summed E-state index contributed by atoms with van der Waals surface area (Å²) >= 11 is 0. The van der Waals surface area contributed by atoms with Gasteiger partial charge in [0.2, 0.25) is 0 Å². The van der Waals surface area contributed by atoms with E-state index in [9.17, 15) is 14.3 Å². The molecule has 6 nitrogen and oxygen atoms in total. The van der Waals surface area contributed by atoms with E-state index < -0.39 is 16.1 Å². The molecule has 0 amide bonds. The zero-order chi connectivity index (χ0) is 9.84. The van der Waals surface area contributed by atoms with Crippen LogP contribution in [-0.4, -0.2) is 9.30 Å². The van der Waals surface area contributed by atoms with Crippen LogP contribution < -0.4 is 9.98 Å². The summed E-state index contributed by atoms with van der Waals surface area (Å²) in [4.78, 5) is 14.2. The Hall–Kier alpha value is -1.47. The van der Waals surface area contributed by atoms with Gasteiger partial charge in [0.05, 0.1) is 4.90 Å². The molecule has 0 aliphatic carbocycles. The fourth-order valence-corrected chi connectivity index (χ4v) is 1.29. The summed E-state index contributed by atoms with van der Waals surface area (Å²) in [6.07, 6.45) is 0. The van der Waals surface area contributed by atoms with Gasteiger partial charge in [0.15, 0.2) is 0 Å². The van der Waals surface area contributed by atoms with Crippen LogP contribution >= 0.6 is 0 Å². The molecule has 0 aliphatic heterocycles. The molecule has 7 heteroatoms. The fraction of sp³-hybridized carbons (Fsp3) is 0. The van der Waals surface area contributed by atoms with Crippen molar-refractivity contribution in [3.8, 4) is 5.75 Å². The molecule has 0 aliphatic rings. The van der Waals surface area contributed by atoms with Gasteiger partial charge in [0.1, 0.15) is 16.7 Å². The molecular weight excluding hydrogens is 196 g/mol. The minimum Gasteiger partial charge on any atom is -0.275 e. The van der Waals surface area contributed by atoms with E-state index in [1.54, 1.807) is 6.07 Å². The molecule has 1 unspecified atom stereocenters. The Morgan fingerprint density at radius 3 is 2.62 bits per heavy atom. The Morgan fingerprint density at radius 2 is 2.08 bits per heavy atom. The van der Waals surface area contributed by atoms with E-state index in [-0.39, 0.29) is 10.6 Å². The topological polar surface area (TPSA) is 95.5 Å². The first kappa shape index (κ1) is 9.62. The molecule has 0 fully saturated rings. The van der Waals surface area contributed by atoms with E-state index in [0.717, 1.165) is 0 Å². The van der Waals surface area contributed by atoms with Gasteiger partial charge in [-0.2, -0.15) is 0 Å². The zero-order valence-corrected chi connectivity index (χ0v) is 7.19. The van der Waals surface area contributed by atoms with Crippen LogP contribution in [0.25, 0.3) is 0 Å². The van der Waals surface area contributed by atoms with E-state index >= 15 is 0 Å². The third-order valence-electron chi connectivity index (χ3n) is 1.24. The fourth-order valence-electron chi connectivity index (χ4n) is 0.772. The highest BCUT2D eigenvalue weighted by Gasteiger charge is 2.08. The molecule has 0 saturated heterocycles. The third-order valence-corrected chi connectivity index (χ3v) is 2.01. The predicted octanol–water partition coefficient (Wildman–Crippen LogP) is 0.238. The highest BCUT2D eigenvalue weighted by Crippen LogP contribution is 2.19. The number of nitrogens with two attached hydrogens (primary N) is 1. The number of hydrogen-bond donors (Lipinski definition) is 1. The summed E-state index contributed by atoms with van der Waals surface area (Å²) in [6, 6.07) is 5.81. The molecule has 13 heavy (non-hydrogen) atoms. The molecule has 2 N–H and O–H groups in total. The Bertz CT molecular complexity index is 354. The van der Waals surface area contributed by atoms with Crippen LogP contribution in [0.3, 0.4) is 0 Å². The summed E-state index contributed by atoms with van der Waals surface area (Å²) in [5.74, 6) is -0.103. The van der Waals surface area contributed by atoms with Crippen LogP contribution in [0, 0.1) is 10.1 Å². The molecule has 0 bridgehead atoms. The highest BCUT2D eigenvalue weighted by molar-refractivity contribution is 7.82. The van der Waals surface area contributed by atoms with Gasteiger partial charge >= 0.3 is 0 Å². The Balaban J connectivity index is 3.04. The van der Waals surface area contributed by atoms with Crippen molar-refractivity contribution < 1.29 is 14.1 Å². The lowest BCUT2D eigenvalue weighted by Gasteiger charge is -2.02. The largest absolute Gasteiger partial charge is 0.299 e. The van der Waals surface area contributed by atoms with Gasteiger partial charge in [0, 0.05) is 0 Å². The van der Waals surface area contributed by atoms with E-state index in [1.165, 1.54) is 18.2 Å². The van der Waals surface area contributed by atoms with Crippen molar-refractivity contribution >= 4 is 11.0 Å². The smallest absolute Gasteiger partial charge is 0.275 e. The van der Waals surface area contributed by atoms with E-state index in [1.807, 2.05) is 0 Å². The summed E-state index contributed by atoms with van der Waals surface area (Å²) < 4.78 is 10.8. The van der Waals surface area contributed by atoms with Gasteiger partial charge < -0.3 is 0 Å². The van der Waals surface area contributed by atoms with Crippen LogP contribution in [0.1, 0.15) is 0 Å². The number of benzene rings is 1. The van der Waals surface area contributed by atoms with Crippen LogP contribution in [0.5, 0.6) is 5.75 Å². The standard InChI is InChI=1S/C6H6N2O4S/c7-13(11)6-4-2-1-3-5(6)12-8(9)10/h1-4H,7H2. The molecular formula is C6H6N2O4S. The summed E-state index contributed by atoms with van der Waals surface area (Å²) in [6.45, 7) is 0. The first-order chi connectivity index (χ1) is 6.11. The first-order valence-electron chi connectivity index (χ1n) is 3.19. The molecule has 0 aromatic heterocycles. The average Bonchev–Trinajstić information content (AvgIpc) is 2.03. The lowest BCUT2D eigenvalue weighted by molar-refractivity contribution is -0.711. The van der Waals surface area contributed by atoms with Gasteiger partial charge in [-0.25, -0.2) is 9.35 Å². The van der Waals surface area contributed by atoms with Crippen molar-refractivity contribution in [2.24, 2.45) is 5.14 Å². The maximum Gasteiger partial charge on any atom is 0.299 e. The maximum absolute atomic E-state index is 10.8. The molecule has 0 heterocycles. The minimum absolute atomic E-state index is 0.0965. The Morgan fingerprint density at radius 1 is 1.46 bits per heavy atom. The quantitative estimate of drug-likeness (QED) is 0.560. The van der Waals surface area contributed by atoms with Crippen LogP contribution in [-0.2, 0) is 11.0 Å². The van der Waals surface area contributed by atoms with Crippen molar-refractivity contribution in [3.63, 3.8) is 0 Å². The summed E-state index contributed by atoms with van der Waals surface area (Å²) in [5, 5.41) is 14.1. The lowest BCUT2D eigenvalue weighted by atomic mass is 10.3. The predicted molar refractivity (Wildman–Crippen MR) is 44.7 cm³/mol.